The Hall–Kier alpha value is -3.75. The number of nitrogens with two attached hydrogens (primary N) is 1. The molecule has 1 aromatic carbocycles. The molecule has 0 radical (unpaired) electrons. The predicted octanol–water partition coefficient (Wildman–Crippen LogP) is 1.56. The van der Waals surface area contributed by atoms with Gasteiger partial charge in [-0.2, -0.15) is 0 Å². The molecular formula is C19H19N7O2. The molecule has 1 amide bonds. The number of H-pyrrole nitrogens is 1. The van der Waals surface area contributed by atoms with Gasteiger partial charge in [-0.05, 0) is 25.0 Å². The summed E-state index contributed by atoms with van der Waals surface area (Å²) < 4.78 is 0. The number of carbonyl (C=O) groups excluding carboxylic acids is 1. The number of anilines is 3. The molecule has 1 aliphatic carbocycles. The number of nitrogen functional groups attached to an aromatic ring is 1. The number of aromatic nitrogens is 4. The molecule has 0 spiro atoms. The Morgan fingerprint density at radius 1 is 1.14 bits per heavy atom. The number of nitrogens with one attached hydrogen (secondary N) is 3. The minimum absolute atomic E-state index is 0.0157. The van der Waals surface area contributed by atoms with Gasteiger partial charge >= 0.3 is 0 Å². The molecule has 2 heterocycles. The van der Waals surface area contributed by atoms with Crippen LogP contribution in [0.3, 0.4) is 0 Å². The second kappa shape index (κ2) is 7.47. The molecule has 9 heteroatoms. The molecular weight excluding hydrogens is 358 g/mol. The molecule has 0 saturated heterocycles. The van der Waals surface area contributed by atoms with Gasteiger partial charge in [0.2, 0.25) is 11.9 Å². The van der Waals surface area contributed by atoms with Crippen LogP contribution in [0.2, 0.25) is 0 Å². The van der Waals surface area contributed by atoms with Gasteiger partial charge in [-0.25, -0.2) is 15.0 Å². The summed E-state index contributed by atoms with van der Waals surface area (Å²) in [4.78, 5) is 38.8. The van der Waals surface area contributed by atoms with E-state index < -0.39 is 0 Å². The van der Waals surface area contributed by atoms with Crippen LogP contribution in [0.4, 0.5) is 17.6 Å². The van der Waals surface area contributed by atoms with Crippen molar-refractivity contribution >= 4 is 23.5 Å². The number of amides is 1. The number of benzene rings is 1. The number of aromatic amines is 1. The van der Waals surface area contributed by atoms with Gasteiger partial charge in [0.05, 0.1) is 11.3 Å². The molecule has 5 N–H and O–H groups in total. The van der Waals surface area contributed by atoms with Crippen molar-refractivity contribution in [3.05, 3.63) is 70.4 Å². The molecule has 1 saturated carbocycles. The molecule has 9 nitrogen and oxygen atoms in total. The zero-order valence-electron chi connectivity index (χ0n) is 14.9. The summed E-state index contributed by atoms with van der Waals surface area (Å²) in [5.74, 6) is 0.414. The Labute approximate surface area is 160 Å². The second-order valence-electron chi connectivity index (χ2n) is 6.68. The summed E-state index contributed by atoms with van der Waals surface area (Å²) in [6.45, 7) is 0. The van der Waals surface area contributed by atoms with E-state index in [1.165, 1.54) is 18.5 Å². The summed E-state index contributed by atoms with van der Waals surface area (Å²) in [5, 5.41) is 6.01. The van der Waals surface area contributed by atoms with Gasteiger partial charge in [-0.15, -0.1) is 0 Å². The highest BCUT2D eigenvalue weighted by molar-refractivity contribution is 5.94. The van der Waals surface area contributed by atoms with Gasteiger partial charge in [0.25, 0.3) is 11.5 Å². The highest BCUT2D eigenvalue weighted by Crippen LogP contribution is 2.35. The first-order chi connectivity index (χ1) is 13.6. The Balaban J connectivity index is 1.31. The van der Waals surface area contributed by atoms with Crippen molar-refractivity contribution in [2.45, 2.75) is 24.8 Å². The van der Waals surface area contributed by atoms with Gasteiger partial charge in [-0.1, -0.05) is 18.2 Å². The van der Waals surface area contributed by atoms with E-state index in [9.17, 15) is 9.59 Å². The molecule has 2 aromatic heterocycles. The lowest BCUT2D eigenvalue weighted by atomic mass is 9.78. The van der Waals surface area contributed by atoms with Crippen molar-refractivity contribution in [2.75, 3.05) is 11.1 Å². The van der Waals surface area contributed by atoms with Crippen LogP contribution in [0.1, 0.15) is 34.8 Å². The third kappa shape index (κ3) is 3.98. The highest BCUT2D eigenvalue weighted by atomic mass is 16.1. The standard InChI is InChI=1S/C19H19N7O2/c20-18-25-15(8-16(27)26-18)11-6-14(7-11)23-17(28)12-9-21-19(22-10-12)24-13-4-2-1-3-5-13/h1-5,8-11,14H,6-7H2,(H,23,28)(H,21,22,24)(H3,20,25,26,27). The van der Waals surface area contributed by atoms with E-state index in [4.69, 9.17) is 5.73 Å². The van der Waals surface area contributed by atoms with Crippen LogP contribution in [0, 0.1) is 0 Å². The van der Waals surface area contributed by atoms with Gasteiger partial charge in [0.1, 0.15) is 0 Å². The number of carbonyl (C=O) groups is 1. The van der Waals surface area contributed by atoms with Crippen LogP contribution in [0.15, 0.2) is 53.6 Å². The summed E-state index contributed by atoms with van der Waals surface area (Å²) in [6.07, 6.45) is 4.39. The third-order valence-electron chi connectivity index (χ3n) is 4.62. The summed E-state index contributed by atoms with van der Waals surface area (Å²) >= 11 is 0. The number of nitrogens with zero attached hydrogens (tertiary/aromatic N) is 3. The number of hydrogen-bond donors (Lipinski definition) is 4. The monoisotopic (exact) mass is 377 g/mol. The van der Waals surface area contributed by atoms with Gasteiger partial charge in [0, 0.05) is 36.1 Å². The quantitative estimate of drug-likeness (QED) is 0.529. The van der Waals surface area contributed by atoms with Crippen molar-refractivity contribution < 1.29 is 4.79 Å². The van der Waals surface area contributed by atoms with Crippen LogP contribution < -0.4 is 21.9 Å². The van der Waals surface area contributed by atoms with Crippen LogP contribution in [0.5, 0.6) is 0 Å². The summed E-state index contributed by atoms with van der Waals surface area (Å²) in [5.41, 5.74) is 7.22. The van der Waals surface area contributed by atoms with Gasteiger partial charge < -0.3 is 16.4 Å². The van der Waals surface area contributed by atoms with E-state index in [2.05, 4.69) is 30.6 Å². The lowest BCUT2D eigenvalue weighted by Crippen LogP contribution is -2.43. The van der Waals surface area contributed by atoms with E-state index in [0.29, 0.717) is 30.0 Å². The number of hydrogen-bond acceptors (Lipinski definition) is 7. The number of para-hydroxylation sites is 1. The predicted molar refractivity (Wildman–Crippen MR) is 104 cm³/mol. The fourth-order valence-corrected chi connectivity index (χ4v) is 3.11. The van der Waals surface area contributed by atoms with E-state index in [0.717, 1.165) is 5.69 Å². The summed E-state index contributed by atoms with van der Waals surface area (Å²) in [6, 6.07) is 11.0. The molecule has 4 rings (SSSR count). The average Bonchev–Trinajstić information content (AvgIpc) is 2.65. The second-order valence-corrected chi connectivity index (χ2v) is 6.68. The first-order valence-corrected chi connectivity index (χ1v) is 8.88. The maximum atomic E-state index is 12.4. The van der Waals surface area contributed by atoms with E-state index in [1.54, 1.807) is 0 Å². The van der Waals surface area contributed by atoms with Gasteiger partial charge in [0.15, 0.2) is 0 Å². The minimum Gasteiger partial charge on any atom is -0.369 e. The molecule has 0 atom stereocenters. The van der Waals surface area contributed by atoms with Crippen molar-refractivity contribution in [2.24, 2.45) is 0 Å². The number of rotatable bonds is 5. The smallest absolute Gasteiger partial charge is 0.254 e. The Morgan fingerprint density at radius 3 is 2.54 bits per heavy atom. The Kier molecular flexibility index (Phi) is 4.71. The van der Waals surface area contributed by atoms with Crippen LogP contribution in [-0.4, -0.2) is 31.9 Å². The molecule has 0 unspecified atom stereocenters. The van der Waals surface area contributed by atoms with Crippen molar-refractivity contribution in [1.82, 2.24) is 25.3 Å². The zero-order chi connectivity index (χ0) is 19.5. The largest absolute Gasteiger partial charge is 0.369 e. The van der Waals surface area contributed by atoms with E-state index in [-0.39, 0.29) is 29.4 Å². The van der Waals surface area contributed by atoms with Gasteiger partial charge in [-0.3, -0.25) is 14.6 Å². The Morgan fingerprint density at radius 2 is 1.86 bits per heavy atom. The minimum atomic E-state index is -0.267. The fraction of sp³-hybridized carbons (Fsp3) is 0.211. The lowest BCUT2D eigenvalue weighted by molar-refractivity contribution is 0.0907. The third-order valence-corrected chi connectivity index (χ3v) is 4.62. The van der Waals surface area contributed by atoms with Crippen molar-refractivity contribution in [3.63, 3.8) is 0 Å². The molecule has 0 aliphatic heterocycles. The SMILES string of the molecule is Nc1nc(C2CC(NC(=O)c3cnc(Nc4ccccc4)nc3)C2)cc(=O)[nH]1. The summed E-state index contributed by atoms with van der Waals surface area (Å²) in [7, 11) is 0. The maximum absolute atomic E-state index is 12.4. The molecule has 0 bridgehead atoms. The fourth-order valence-electron chi connectivity index (χ4n) is 3.11. The molecule has 142 valence electrons. The molecule has 28 heavy (non-hydrogen) atoms. The highest BCUT2D eigenvalue weighted by Gasteiger charge is 2.33. The lowest BCUT2D eigenvalue weighted by Gasteiger charge is -2.35. The van der Waals surface area contributed by atoms with Crippen molar-refractivity contribution in [3.8, 4) is 0 Å². The van der Waals surface area contributed by atoms with Crippen LogP contribution >= 0.6 is 0 Å². The van der Waals surface area contributed by atoms with E-state index >= 15 is 0 Å². The van der Waals surface area contributed by atoms with E-state index in [1.807, 2.05) is 30.3 Å². The molecule has 1 fully saturated rings. The Bertz CT molecular complexity index is 1030. The van der Waals surface area contributed by atoms with Crippen molar-refractivity contribution in [1.29, 1.82) is 0 Å². The van der Waals surface area contributed by atoms with Crippen LogP contribution in [0.25, 0.3) is 0 Å². The molecule has 1 aliphatic rings. The normalized spacial score (nSPS) is 18.1. The maximum Gasteiger partial charge on any atom is 0.254 e. The molecule has 3 aromatic rings. The first kappa shape index (κ1) is 17.7. The zero-order valence-corrected chi connectivity index (χ0v) is 14.9. The van der Waals surface area contributed by atoms with Crippen LogP contribution in [-0.2, 0) is 0 Å². The first-order valence-electron chi connectivity index (χ1n) is 8.88. The average molecular weight is 377 g/mol. The topological polar surface area (TPSA) is 139 Å².